The standard InChI is InChI=1S/C22H27NO4/c1-3-4-5-12-26-21(25)18-17-10-11-22(27-17)14-23(20(24)19(18)22)13-16-8-6-15(2)7-9-16/h6-11,17-19H,3-5,12-14H2,1-2H3/t17-,18+,19-,22+/m0/s1. The van der Waals surface area contributed by atoms with Crippen LogP contribution in [-0.2, 0) is 25.6 Å². The van der Waals surface area contributed by atoms with Gasteiger partial charge in [0.1, 0.15) is 11.5 Å². The molecule has 1 aromatic rings. The van der Waals surface area contributed by atoms with Crippen molar-refractivity contribution in [1.29, 1.82) is 0 Å². The minimum absolute atomic E-state index is 0.00191. The molecular formula is C22H27NO4. The molecule has 2 bridgehead atoms. The SMILES string of the molecule is CCCCCOC(=O)[C@@H]1[C@@H]2C=C[C@]3(CN(Cc4ccc(C)cc4)C(=O)[C@H]13)O2. The number of unbranched alkanes of at least 4 members (excludes halogenated alkanes) is 2. The van der Waals surface area contributed by atoms with Gasteiger partial charge in [-0.1, -0.05) is 61.7 Å². The highest BCUT2D eigenvalue weighted by molar-refractivity contribution is 5.91. The van der Waals surface area contributed by atoms with E-state index in [4.69, 9.17) is 9.47 Å². The van der Waals surface area contributed by atoms with E-state index in [2.05, 4.69) is 6.92 Å². The second-order valence-electron chi connectivity index (χ2n) is 7.95. The lowest BCUT2D eigenvalue weighted by molar-refractivity contribution is -0.154. The molecule has 3 heterocycles. The van der Waals surface area contributed by atoms with E-state index < -0.39 is 17.4 Å². The maximum absolute atomic E-state index is 13.1. The van der Waals surface area contributed by atoms with Crippen LogP contribution in [0.15, 0.2) is 36.4 Å². The summed E-state index contributed by atoms with van der Waals surface area (Å²) < 4.78 is 11.6. The quantitative estimate of drug-likeness (QED) is 0.421. The Morgan fingerprint density at radius 1 is 1.30 bits per heavy atom. The van der Waals surface area contributed by atoms with Crippen molar-refractivity contribution in [1.82, 2.24) is 4.90 Å². The number of likely N-dealkylation sites (tertiary alicyclic amines) is 1. The number of benzene rings is 1. The molecule has 2 saturated heterocycles. The van der Waals surface area contributed by atoms with Crippen molar-refractivity contribution in [2.75, 3.05) is 13.2 Å². The summed E-state index contributed by atoms with van der Waals surface area (Å²) in [7, 11) is 0. The Kier molecular flexibility index (Phi) is 4.81. The number of hydrogen-bond donors (Lipinski definition) is 0. The minimum Gasteiger partial charge on any atom is -0.465 e. The van der Waals surface area contributed by atoms with Crippen molar-refractivity contribution in [3.8, 4) is 0 Å². The number of nitrogens with zero attached hydrogens (tertiary/aromatic N) is 1. The van der Waals surface area contributed by atoms with Gasteiger partial charge in [0.25, 0.3) is 0 Å². The number of aryl methyl sites for hydroxylation is 1. The maximum atomic E-state index is 13.1. The summed E-state index contributed by atoms with van der Waals surface area (Å²) in [6.45, 7) is 5.61. The molecule has 4 rings (SSSR count). The van der Waals surface area contributed by atoms with Crippen LogP contribution in [-0.4, -0.2) is 41.6 Å². The predicted molar refractivity (Wildman–Crippen MR) is 101 cm³/mol. The molecule has 0 aliphatic carbocycles. The van der Waals surface area contributed by atoms with Crippen molar-refractivity contribution in [3.63, 3.8) is 0 Å². The number of ether oxygens (including phenoxy) is 2. The van der Waals surface area contributed by atoms with E-state index in [9.17, 15) is 9.59 Å². The van der Waals surface area contributed by atoms with Crippen LogP contribution in [0.25, 0.3) is 0 Å². The smallest absolute Gasteiger partial charge is 0.312 e. The molecule has 1 spiro atoms. The van der Waals surface area contributed by atoms with Gasteiger partial charge in [0.15, 0.2) is 0 Å². The number of fused-ring (bicyclic) bond motifs is 1. The molecule has 0 saturated carbocycles. The Morgan fingerprint density at radius 3 is 2.81 bits per heavy atom. The maximum Gasteiger partial charge on any atom is 0.312 e. The molecule has 5 heteroatoms. The lowest BCUT2D eigenvalue weighted by Gasteiger charge is -2.22. The third-order valence-corrected chi connectivity index (χ3v) is 5.94. The molecule has 3 aliphatic heterocycles. The number of rotatable bonds is 7. The van der Waals surface area contributed by atoms with Crippen LogP contribution < -0.4 is 0 Å². The first kappa shape index (κ1) is 18.2. The van der Waals surface area contributed by atoms with E-state index >= 15 is 0 Å². The first-order valence-electron chi connectivity index (χ1n) is 9.92. The number of amides is 1. The van der Waals surface area contributed by atoms with E-state index in [0.29, 0.717) is 19.7 Å². The molecule has 0 unspecified atom stereocenters. The van der Waals surface area contributed by atoms with E-state index in [1.807, 2.05) is 48.2 Å². The summed E-state index contributed by atoms with van der Waals surface area (Å²) in [6.07, 6.45) is 6.55. The van der Waals surface area contributed by atoms with Gasteiger partial charge in [0.2, 0.25) is 5.91 Å². The van der Waals surface area contributed by atoms with E-state index in [0.717, 1.165) is 24.8 Å². The second-order valence-corrected chi connectivity index (χ2v) is 7.95. The molecule has 1 aromatic carbocycles. The summed E-state index contributed by atoms with van der Waals surface area (Å²) in [6, 6.07) is 8.19. The topological polar surface area (TPSA) is 55.8 Å². The zero-order chi connectivity index (χ0) is 19.0. The number of hydrogen-bond acceptors (Lipinski definition) is 4. The second kappa shape index (κ2) is 7.12. The zero-order valence-corrected chi connectivity index (χ0v) is 16.0. The summed E-state index contributed by atoms with van der Waals surface area (Å²) in [4.78, 5) is 27.6. The fourth-order valence-corrected chi connectivity index (χ4v) is 4.52. The molecule has 0 N–H and O–H groups in total. The lowest BCUT2D eigenvalue weighted by atomic mass is 9.77. The summed E-state index contributed by atoms with van der Waals surface area (Å²) >= 11 is 0. The normalized spacial score (nSPS) is 30.8. The van der Waals surface area contributed by atoms with Crippen molar-refractivity contribution in [2.24, 2.45) is 11.8 Å². The van der Waals surface area contributed by atoms with Crippen molar-refractivity contribution in [2.45, 2.75) is 51.4 Å². The molecule has 144 valence electrons. The van der Waals surface area contributed by atoms with Crippen LogP contribution in [0.4, 0.5) is 0 Å². The van der Waals surface area contributed by atoms with E-state index in [-0.39, 0.29) is 18.0 Å². The van der Waals surface area contributed by atoms with Gasteiger partial charge in [0.05, 0.1) is 25.2 Å². The third kappa shape index (κ3) is 3.18. The molecule has 4 atom stereocenters. The number of carbonyl (C=O) groups excluding carboxylic acids is 2. The van der Waals surface area contributed by atoms with Crippen LogP contribution in [0, 0.1) is 18.8 Å². The van der Waals surface area contributed by atoms with Gasteiger partial charge in [-0.2, -0.15) is 0 Å². The minimum atomic E-state index is -0.667. The first-order valence-corrected chi connectivity index (χ1v) is 9.92. The van der Waals surface area contributed by atoms with Crippen LogP contribution >= 0.6 is 0 Å². The van der Waals surface area contributed by atoms with Crippen molar-refractivity contribution >= 4 is 11.9 Å². The molecule has 2 fully saturated rings. The number of esters is 1. The molecule has 3 aliphatic rings. The summed E-state index contributed by atoms with van der Waals surface area (Å²) in [5.41, 5.74) is 1.61. The fourth-order valence-electron chi connectivity index (χ4n) is 4.52. The Morgan fingerprint density at radius 2 is 2.07 bits per heavy atom. The van der Waals surface area contributed by atoms with E-state index in [1.54, 1.807) is 0 Å². The largest absolute Gasteiger partial charge is 0.465 e. The predicted octanol–water partition coefficient (Wildman–Crippen LogP) is 3.01. The molecule has 1 amide bonds. The molecule has 5 nitrogen and oxygen atoms in total. The van der Waals surface area contributed by atoms with Gasteiger partial charge in [0, 0.05) is 6.54 Å². The Labute approximate surface area is 160 Å². The van der Waals surface area contributed by atoms with Gasteiger partial charge < -0.3 is 14.4 Å². The van der Waals surface area contributed by atoms with E-state index in [1.165, 1.54) is 5.56 Å². The Bertz CT molecular complexity index is 756. The lowest BCUT2D eigenvalue weighted by Crippen LogP contribution is -2.40. The number of carbonyl (C=O) groups is 2. The Balaban J connectivity index is 1.47. The first-order chi connectivity index (χ1) is 13.0. The van der Waals surface area contributed by atoms with Crippen LogP contribution in [0.5, 0.6) is 0 Å². The van der Waals surface area contributed by atoms with Crippen LogP contribution in [0.1, 0.15) is 37.3 Å². The highest BCUT2D eigenvalue weighted by Gasteiger charge is 2.67. The van der Waals surface area contributed by atoms with Crippen molar-refractivity contribution in [3.05, 3.63) is 47.5 Å². The van der Waals surface area contributed by atoms with Gasteiger partial charge in [-0.3, -0.25) is 9.59 Å². The average Bonchev–Trinajstić information content (AvgIpc) is 3.29. The highest BCUT2D eigenvalue weighted by Crippen LogP contribution is 2.52. The van der Waals surface area contributed by atoms with Crippen LogP contribution in [0.2, 0.25) is 0 Å². The summed E-state index contributed by atoms with van der Waals surface area (Å²) in [5.74, 6) is -1.28. The molecule has 0 radical (unpaired) electrons. The molecule has 27 heavy (non-hydrogen) atoms. The van der Waals surface area contributed by atoms with Crippen molar-refractivity contribution < 1.29 is 19.1 Å². The van der Waals surface area contributed by atoms with Gasteiger partial charge in [-0.15, -0.1) is 0 Å². The highest BCUT2D eigenvalue weighted by atomic mass is 16.6. The fraction of sp³-hybridized carbons (Fsp3) is 0.545. The van der Waals surface area contributed by atoms with Gasteiger partial charge in [-0.25, -0.2) is 0 Å². The van der Waals surface area contributed by atoms with Gasteiger partial charge in [-0.05, 0) is 18.9 Å². The Hall–Kier alpha value is -2.14. The van der Waals surface area contributed by atoms with Crippen LogP contribution in [0.3, 0.4) is 0 Å². The monoisotopic (exact) mass is 369 g/mol. The zero-order valence-electron chi connectivity index (χ0n) is 16.0. The van der Waals surface area contributed by atoms with Gasteiger partial charge >= 0.3 is 5.97 Å². The third-order valence-electron chi connectivity index (χ3n) is 5.94. The summed E-state index contributed by atoms with van der Waals surface area (Å²) in [5, 5.41) is 0. The average molecular weight is 369 g/mol. The molecular weight excluding hydrogens is 342 g/mol. The molecule has 0 aromatic heterocycles.